The van der Waals surface area contributed by atoms with E-state index >= 15 is 0 Å². The SMILES string of the molecule is O=C1CCC(=O)N1C(O)(Br)C(=O)O. The van der Waals surface area contributed by atoms with Crippen LogP contribution in [0.2, 0.25) is 0 Å². The molecule has 1 saturated heterocycles. The van der Waals surface area contributed by atoms with E-state index in [0.717, 1.165) is 0 Å². The maximum atomic E-state index is 11.0. The number of carbonyl (C=O) groups is 3. The molecule has 0 aromatic carbocycles. The van der Waals surface area contributed by atoms with Gasteiger partial charge in [-0.05, 0) is 15.9 Å². The van der Waals surface area contributed by atoms with Gasteiger partial charge in [-0.3, -0.25) is 9.59 Å². The number of carboxylic acids is 1. The molecule has 1 unspecified atom stereocenters. The molecule has 0 aromatic rings. The lowest BCUT2D eigenvalue weighted by Gasteiger charge is -2.25. The van der Waals surface area contributed by atoms with Crippen molar-refractivity contribution in [1.82, 2.24) is 4.90 Å². The molecule has 1 aliphatic rings. The van der Waals surface area contributed by atoms with Crippen molar-refractivity contribution in [2.45, 2.75) is 17.5 Å². The Bertz CT molecular complexity index is 271. The van der Waals surface area contributed by atoms with Gasteiger partial charge in [0.2, 0.25) is 11.8 Å². The molecular weight excluding hydrogens is 246 g/mol. The number of carbonyl (C=O) groups excluding carboxylic acids is 2. The number of imide groups is 1. The molecule has 1 rings (SSSR count). The number of amides is 2. The minimum absolute atomic E-state index is 0.0694. The normalized spacial score (nSPS) is 21.8. The quantitative estimate of drug-likeness (QED) is 0.383. The fourth-order valence-electron chi connectivity index (χ4n) is 1.00. The Labute approximate surface area is 81.3 Å². The number of hydrogen-bond donors (Lipinski definition) is 2. The molecule has 1 heterocycles. The van der Waals surface area contributed by atoms with Gasteiger partial charge in [-0.2, -0.15) is 0 Å². The van der Waals surface area contributed by atoms with Gasteiger partial charge in [-0.15, -0.1) is 0 Å². The second kappa shape index (κ2) is 3.08. The van der Waals surface area contributed by atoms with E-state index in [0.29, 0.717) is 4.90 Å². The van der Waals surface area contributed by atoms with Crippen molar-refractivity contribution in [3.63, 3.8) is 0 Å². The summed E-state index contributed by atoms with van der Waals surface area (Å²) < 4.78 is -2.61. The smallest absolute Gasteiger partial charge is 0.369 e. The van der Waals surface area contributed by atoms with Gasteiger partial charge in [-0.1, -0.05) is 0 Å². The Morgan fingerprint density at radius 3 is 2.08 bits per heavy atom. The molecule has 2 amide bonds. The topological polar surface area (TPSA) is 94.9 Å². The van der Waals surface area contributed by atoms with E-state index in [9.17, 15) is 19.5 Å². The predicted octanol–water partition coefficient (Wildman–Crippen LogP) is -0.739. The molecule has 1 fully saturated rings. The van der Waals surface area contributed by atoms with E-state index in [1.807, 2.05) is 0 Å². The maximum absolute atomic E-state index is 11.0. The average molecular weight is 252 g/mol. The lowest BCUT2D eigenvalue weighted by molar-refractivity contribution is -0.172. The molecule has 72 valence electrons. The fraction of sp³-hybridized carbons (Fsp3) is 0.500. The van der Waals surface area contributed by atoms with Crippen LogP contribution in [-0.4, -0.2) is 37.5 Å². The number of carboxylic acid groups (broad SMARTS) is 1. The molecule has 0 spiro atoms. The van der Waals surface area contributed by atoms with Crippen LogP contribution in [0.1, 0.15) is 12.8 Å². The third-order valence-corrected chi connectivity index (χ3v) is 2.31. The van der Waals surface area contributed by atoms with E-state index in [1.165, 1.54) is 0 Å². The summed E-state index contributed by atoms with van der Waals surface area (Å²) in [4.78, 5) is 32.7. The summed E-state index contributed by atoms with van der Waals surface area (Å²) in [5.41, 5.74) is 0. The molecule has 0 radical (unpaired) electrons. The van der Waals surface area contributed by atoms with E-state index in [2.05, 4.69) is 15.9 Å². The van der Waals surface area contributed by atoms with Crippen molar-refractivity contribution in [3.8, 4) is 0 Å². The zero-order chi connectivity index (χ0) is 10.2. The number of hydrogen-bond acceptors (Lipinski definition) is 4. The van der Waals surface area contributed by atoms with Crippen LogP contribution < -0.4 is 0 Å². The molecule has 0 saturated carbocycles. The largest absolute Gasteiger partial charge is 0.477 e. The molecule has 1 atom stereocenters. The Kier molecular flexibility index (Phi) is 2.40. The van der Waals surface area contributed by atoms with Crippen molar-refractivity contribution in [2.24, 2.45) is 0 Å². The summed E-state index contributed by atoms with van der Waals surface area (Å²) in [7, 11) is 0. The number of halogens is 1. The first kappa shape index (κ1) is 10.1. The van der Waals surface area contributed by atoms with Crippen LogP contribution >= 0.6 is 15.9 Å². The molecule has 6 nitrogen and oxygen atoms in total. The summed E-state index contributed by atoms with van der Waals surface area (Å²) in [5.74, 6) is -3.10. The average Bonchev–Trinajstić information content (AvgIpc) is 2.30. The number of aliphatic carboxylic acids is 1. The Morgan fingerprint density at radius 1 is 1.38 bits per heavy atom. The molecule has 0 aliphatic carbocycles. The summed E-state index contributed by atoms with van der Waals surface area (Å²) in [5, 5.41) is 17.7. The van der Waals surface area contributed by atoms with Gasteiger partial charge >= 0.3 is 10.6 Å². The number of nitrogens with zero attached hydrogens (tertiary/aromatic N) is 1. The van der Waals surface area contributed by atoms with Crippen LogP contribution in [0.4, 0.5) is 0 Å². The Balaban J connectivity index is 2.99. The third-order valence-electron chi connectivity index (χ3n) is 1.62. The summed E-state index contributed by atoms with van der Waals surface area (Å²) in [6.45, 7) is 0. The van der Waals surface area contributed by atoms with Crippen LogP contribution in [0, 0.1) is 0 Å². The molecular formula is C6H6BrNO5. The van der Waals surface area contributed by atoms with E-state index < -0.39 is 22.4 Å². The van der Waals surface area contributed by atoms with Crippen molar-refractivity contribution < 1.29 is 24.6 Å². The molecule has 7 heteroatoms. The number of likely N-dealkylation sites (tertiary alicyclic amines) is 1. The Morgan fingerprint density at radius 2 is 1.77 bits per heavy atom. The standard InChI is InChI=1S/C6H6BrNO5/c7-6(13,5(11)12)8-3(9)1-2-4(8)10/h13H,1-2H2,(H,11,12). The lowest BCUT2D eigenvalue weighted by atomic mass is 10.4. The van der Waals surface area contributed by atoms with Gasteiger partial charge < -0.3 is 10.2 Å². The highest BCUT2D eigenvalue weighted by Crippen LogP contribution is 2.27. The van der Waals surface area contributed by atoms with Crippen LogP contribution in [0.25, 0.3) is 0 Å². The van der Waals surface area contributed by atoms with Crippen LogP contribution in [0.3, 0.4) is 0 Å². The van der Waals surface area contributed by atoms with Crippen LogP contribution in [-0.2, 0) is 14.4 Å². The molecule has 0 bridgehead atoms. The summed E-state index contributed by atoms with van der Waals surface area (Å²) in [6, 6.07) is 0. The first-order valence-corrected chi connectivity index (χ1v) is 4.17. The molecule has 1 aliphatic heterocycles. The summed E-state index contributed by atoms with van der Waals surface area (Å²) in [6.07, 6.45) is -0.139. The molecule has 2 N–H and O–H groups in total. The minimum atomic E-state index is -2.61. The highest BCUT2D eigenvalue weighted by molar-refractivity contribution is 9.10. The number of alkyl halides is 1. The van der Waals surface area contributed by atoms with Crippen molar-refractivity contribution in [2.75, 3.05) is 0 Å². The van der Waals surface area contributed by atoms with E-state index in [1.54, 1.807) is 0 Å². The zero-order valence-corrected chi connectivity index (χ0v) is 7.94. The molecule has 0 aromatic heterocycles. The first-order valence-electron chi connectivity index (χ1n) is 3.38. The lowest BCUT2D eigenvalue weighted by Crippen LogP contribution is -2.52. The first-order chi connectivity index (χ1) is 5.87. The van der Waals surface area contributed by atoms with Crippen molar-refractivity contribution in [3.05, 3.63) is 0 Å². The second-order valence-corrected chi connectivity index (χ2v) is 3.62. The second-order valence-electron chi connectivity index (χ2n) is 2.52. The van der Waals surface area contributed by atoms with Gasteiger partial charge in [0, 0.05) is 12.8 Å². The van der Waals surface area contributed by atoms with Gasteiger partial charge in [0.05, 0.1) is 0 Å². The third kappa shape index (κ3) is 1.56. The molecule has 13 heavy (non-hydrogen) atoms. The van der Waals surface area contributed by atoms with E-state index in [4.69, 9.17) is 5.11 Å². The van der Waals surface area contributed by atoms with Crippen molar-refractivity contribution >= 4 is 33.7 Å². The zero-order valence-electron chi connectivity index (χ0n) is 6.36. The van der Waals surface area contributed by atoms with Gasteiger partial charge in [0.25, 0.3) is 0 Å². The van der Waals surface area contributed by atoms with Gasteiger partial charge in [0.15, 0.2) is 0 Å². The fourth-order valence-corrected chi connectivity index (χ4v) is 1.40. The number of rotatable bonds is 2. The summed E-state index contributed by atoms with van der Waals surface area (Å²) >= 11 is 2.39. The highest BCUT2D eigenvalue weighted by Gasteiger charge is 2.49. The minimum Gasteiger partial charge on any atom is -0.477 e. The van der Waals surface area contributed by atoms with Crippen molar-refractivity contribution in [1.29, 1.82) is 0 Å². The number of aliphatic hydroxyl groups is 1. The Hall–Kier alpha value is -0.950. The maximum Gasteiger partial charge on any atom is 0.369 e. The highest BCUT2D eigenvalue weighted by atomic mass is 79.9. The van der Waals surface area contributed by atoms with Gasteiger partial charge in [-0.25, -0.2) is 9.69 Å². The van der Waals surface area contributed by atoms with Crippen LogP contribution in [0.15, 0.2) is 0 Å². The van der Waals surface area contributed by atoms with Crippen LogP contribution in [0.5, 0.6) is 0 Å². The van der Waals surface area contributed by atoms with E-state index in [-0.39, 0.29) is 12.8 Å². The predicted molar refractivity (Wildman–Crippen MR) is 42.6 cm³/mol. The van der Waals surface area contributed by atoms with Gasteiger partial charge in [0.1, 0.15) is 0 Å². The monoisotopic (exact) mass is 251 g/mol.